The van der Waals surface area contributed by atoms with Crippen LogP contribution in [0.3, 0.4) is 0 Å². The molecule has 0 bridgehead atoms. The van der Waals surface area contributed by atoms with Gasteiger partial charge in [-0.3, -0.25) is 14.0 Å². The summed E-state index contributed by atoms with van der Waals surface area (Å²) in [4.78, 5) is 37.8. The van der Waals surface area contributed by atoms with E-state index in [4.69, 9.17) is 0 Å². The lowest BCUT2D eigenvalue weighted by atomic mass is 10.0. The number of aryl methyl sites for hydroxylation is 2. The van der Waals surface area contributed by atoms with Crippen molar-refractivity contribution in [3.8, 4) is 10.4 Å². The number of hydrogen-bond donors (Lipinski definition) is 1. The third kappa shape index (κ3) is 4.31. The molecule has 1 atom stereocenters. The Labute approximate surface area is 206 Å². The predicted molar refractivity (Wildman–Crippen MR) is 127 cm³/mol. The molecule has 3 aromatic heterocycles. The Morgan fingerprint density at radius 3 is 2.57 bits per heavy atom. The first-order chi connectivity index (χ1) is 16.6. The molecule has 12 heteroatoms. The zero-order chi connectivity index (χ0) is 24.9. The van der Waals surface area contributed by atoms with Crippen molar-refractivity contribution in [1.29, 1.82) is 0 Å². The third-order valence-electron chi connectivity index (χ3n) is 5.97. The lowest BCUT2D eigenvalue weighted by Crippen LogP contribution is -2.56. The number of amides is 2. The summed E-state index contributed by atoms with van der Waals surface area (Å²) in [7, 11) is 0. The van der Waals surface area contributed by atoms with E-state index in [9.17, 15) is 22.8 Å². The average Bonchev–Trinajstić information content (AvgIpc) is 3.46. The molecule has 1 aliphatic rings. The van der Waals surface area contributed by atoms with E-state index in [1.165, 1.54) is 34.8 Å². The van der Waals surface area contributed by atoms with Crippen molar-refractivity contribution in [3.63, 3.8) is 0 Å². The second kappa shape index (κ2) is 8.76. The Kier molecular flexibility index (Phi) is 5.88. The fourth-order valence-electron chi connectivity index (χ4n) is 4.10. The highest BCUT2D eigenvalue weighted by atomic mass is 32.1. The van der Waals surface area contributed by atoms with Gasteiger partial charge in [0.05, 0.1) is 27.2 Å². The molecule has 5 rings (SSSR count). The van der Waals surface area contributed by atoms with Crippen molar-refractivity contribution in [1.82, 2.24) is 24.6 Å². The number of thiazole rings is 2. The molecule has 1 N–H and O–H groups in total. The highest BCUT2D eigenvalue weighted by Crippen LogP contribution is 2.35. The Morgan fingerprint density at radius 2 is 1.91 bits per heavy atom. The monoisotopic (exact) mass is 519 g/mol. The summed E-state index contributed by atoms with van der Waals surface area (Å²) >= 11 is 2.71. The molecule has 4 heterocycles. The summed E-state index contributed by atoms with van der Waals surface area (Å²) in [6.07, 6.45) is -1.91. The number of nitrogens with one attached hydrogen (secondary N) is 1. The van der Waals surface area contributed by atoms with Crippen molar-refractivity contribution >= 4 is 39.4 Å². The zero-order valence-electron chi connectivity index (χ0n) is 18.7. The molecule has 0 unspecified atom stereocenters. The number of halogens is 3. The van der Waals surface area contributed by atoms with Crippen molar-refractivity contribution in [2.24, 2.45) is 0 Å². The molecular formula is C23H20F3N5O2S2. The number of imidazole rings is 1. The van der Waals surface area contributed by atoms with E-state index < -0.39 is 11.7 Å². The molecule has 0 aliphatic carbocycles. The van der Waals surface area contributed by atoms with Gasteiger partial charge in [0.15, 0.2) is 4.96 Å². The second-order valence-electron chi connectivity index (χ2n) is 8.24. The van der Waals surface area contributed by atoms with Gasteiger partial charge in [0.2, 0.25) is 0 Å². The van der Waals surface area contributed by atoms with Crippen molar-refractivity contribution in [3.05, 3.63) is 63.5 Å². The first-order valence-electron chi connectivity index (χ1n) is 10.8. The third-order valence-corrected chi connectivity index (χ3v) is 7.74. The molecular weight excluding hydrogens is 499 g/mol. The van der Waals surface area contributed by atoms with E-state index in [0.717, 1.165) is 23.5 Å². The van der Waals surface area contributed by atoms with Crippen molar-refractivity contribution in [2.45, 2.75) is 32.5 Å². The van der Waals surface area contributed by atoms with E-state index in [2.05, 4.69) is 15.3 Å². The van der Waals surface area contributed by atoms with Crippen LogP contribution in [0.25, 0.3) is 15.4 Å². The predicted octanol–water partition coefficient (Wildman–Crippen LogP) is 4.80. The number of benzene rings is 1. The number of likely N-dealkylation sites (tertiary alicyclic amines) is 1. The van der Waals surface area contributed by atoms with E-state index in [1.54, 1.807) is 29.3 Å². The molecule has 0 spiro atoms. The lowest BCUT2D eigenvalue weighted by molar-refractivity contribution is -0.137. The van der Waals surface area contributed by atoms with Crippen LogP contribution in [0.5, 0.6) is 0 Å². The second-order valence-corrected chi connectivity index (χ2v) is 10.3. The van der Waals surface area contributed by atoms with Gasteiger partial charge in [0.25, 0.3) is 11.8 Å². The topological polar surface area (TPSA) is 79.6 Å². The van der Waals surface area contributed by atoms with E-state index in [-0.39, 0.29) is 30.1 Å². The summed E-state index contributed by atoms with van der Waals surface area (Å²) in [5.41, 5.74) is 1.08. The Balaban J connectivity index is 1.30. The fraction of sp³-hybridized carbons (Fsp3) is 0.304. The molecule has 182 valence electrons. The quantitative estimate of drug-likeness (QED) is 0.411. The highest BCUT2D eigenvalue weighted by molar-refractivity contribution is 7.15. The number of carbonyl (C=O) groups excluding carboxylic acids is 2. The van der Waals surface area contributed by atoms with Crippen LogP contribution in [0.15, 0.2) is 35.8 Å². The van der Waals surface area contributed by atoms with Gasteiger partial charge in [-0.1, -0.05) is 12.1 Å². The van der Waals surface area contributed by atoms with Crippen LogP contribution in [0.4, 0.5) is 13.2 Å². The highest BCUT2D eigenvalue weighted by Gasteiger charge is 2.36. The summed E-state index contributed by atoms with van der Waals surface area (Å²) in [5.74, 6) is -0.557. The minimum atomic E-state index is -4.43. The molecule has 1 saturated heterocycles. The van der Waals surface area contributed by atoms with Gasteiger partial charge < -0.3 is 10.2 Å². The molecule has 1 fully saturated rings. The summed E-state index contributed by atoms with van der Waals surface area (Å²) < 4.78 is 40.5. The molecule has 35 heavy (non-hydrogen) atoms. The number of alkyl halides is 3. The van der Waals surface area contributed by atoms with Crippen LogP contribution in [0.1, 0.15) is 43.7 Å². The van der Waals surface area contributed by atoms with Gasteiger partial charge in [-0.2, -0.15) is 13.2 Å². The number of aromatic nitrogens is 3. The molecule has 1 aliphatic heterocycles. The normalized spacial score (nSPS) is 15.9. The molecule has 0 saturated carbocycles. The number of nitrogens with zero attached hydrogens (tertiary/aromatic N) is 4. The minimum absolute atomic E-state index is 0.194. The first-order valence-corrected chi connectivity index (χ1v) is 12.5. The van der Waals surface area contributed by atoms with Gasteiger partial charge in [-0.25, -0.2) is 9.97 Å². The number of carbonyl (C=O) groups is 2. The zero-order valence-corrected chi connectivity index (χ0v) is 20.4. The number of fused-ring (bicyclic) bond motifs is 1. The SMILES string of the molecule is Cc1nc(C(=O)N2CC[C@H]2CNC(=O)c2c(C)nc3sccn23)c(-c2ccc(C(F)(F)F)cc2)s1. The van der Waals surface area contributed by atoms with E-state index in [0.29, 0.717) is 33.4 Å². The molecule has 1 aromatic carbocycles. The maximum atomic E-state index is 13.3. The lowest BCUT2D eigenvalue weighted by Gasteiger charge is -2.40. The van der Waals surface area contributed by atoms with Crippen LogP contribution in [-0.4, -0.2) is 50.2 Å². The maximum absolute atomic E-state index is 13.3. The average molecular weight is 520 g/mol. The fourth-order valence-corrected chi connectivity index (χ4v) is 5.77. The van der Waals surface area contributed by atoms with Gasteiger partial charge in [0, 0.05) is 24.7 Å². The van der Waals surface area contributed by atoms with Gasteiger partial charge in [-0.05, 0) is 38.0 Å². The largest absolute Gasteiger partial charge is 0.416 e. The first kappa shape index (κ1) is 23.5. The molecule has 4 aromatic rings. The van der Waals surface area contributed by atoms with Crippen LogP contribution in [0, 0.1) is 13.8 Å². The van der Waals surface area contributed by atoms with Gasteiger partial charge in [-0.15, -0.1) is 22.7 Å². The van der Waals surface area contributed by atoms with Gasteiger partial charge >= 0.3 is 6.18 Å². The van der Waals surface area contributed by atoms with Gasteiger partial charge in [0.1, 0.15) is 11.4 Å². The Hall–Kier alpha value is -3.25. The van der Waals surface area contributed by atoms with E-state index in [1.807, 2.05) is 5.38 Å². The van der Waals surface area contributed by atoms with Crippen LogP contribution < -0.4 is 5.32 Å². The summed E-state index contributed by atoms with van der Waals surface area (Å²) in [6, 6.07) is 4.53. The molecule has 7 nitrogen and oxygen atoms in total. The minimum Gasteiger partial charge on any atom is -0.349 e. The standard InChI is InChI=1S/C23H20F3N5O2S2/c1-12-18(31-9-10-34-22(31)28-12)20(32)27-11-16-7-8-30(16)21(33)17-19(35-13(2)29-17)14-3-5-15(6-4-14)23(24,25)26/h3-6,9-10,16H,7-8,11H2,1-2H3,(H,27,32)/t16-/m0/s1. The van der Waals surface area contributed by atoms with Crippen molar-refractivity contribution < 1.29 is 22.8 Å². The number of rotatable bonds is 5. The number of hydrogen-bond acceptors (Lipinski definition) is 6. The molecule has 0 radical (unpaired) electrons. The molecule has 2 amide bonds. The van der Waals surface area contributed by atoms with Crippen molar-refractivity contribution in [2.75, 3.05) is 13.1 Å². The van der Waals surface area contributed by atoms with Crippen LogP contribution in [0.2, 0.25) is 0 Å². The Morgan fingerprint density at radius 1 is 1.17 bits per heavy atom. The summed E-state index contributed by atoms with van der Waals surface area (Å²) in [5, 5.41) is 5.40. The van der Waals surface area contributed by atoms with Crippen LogP contribution >= 0.6 is 22.7 Å². The maximum Gasteiger partial charge on any atom is 0.416 e. The van der Waals surface area contributed by atoms with E-state index >= 15 is 0 Å². The summed E-state index contributed by atoms with van der Waals surface area (Å²) in [6.45, 7) is 4.33. The Bertz CT molecular complexity index is 1420. The smallest absolute Gasteiger partial charge is 0.349 e. The van der Waals surface area contributed by atoms with Crippen LogP contribution in [-0.2, 0) is 6.18 Å².